The minimum Gasteiger partial charge on any atom is -0.325 e. The standard InChI is InChI=1S/C12H13FN2O/c1-2-12(16)15-11-6-5-10(13)8-9(11)4-3-7-14/h5-6,8H,2,7,14H2,1H3,(H,15,16). The SMILES string of the molecule is CCC(=O)Nc1ccc(F)cc1C#CCN. The molecule has 0 heterocycles. The van der Waals surface area contributed by atoms with Crippen LogP contribution in [0.3, 0.4) is 0 Å². The van der Waals surface area contributed by atoms with Crippen molar-refractivity contribution in [3.05, 3.63) is 29.6 Å². The normalized spacial score (nSPS) is 9.19. The van der Waals surface area contributed by atoms with Crippen molar-refractivity contribution >= 4 is 11.6 Å². The number of benzene rings is 1. The zero-order valence-corrected chi connectivity index (χ0v) is 9.01. The zero-order valence-electron chi connectivity index (χ0n) is 9.01. The van der Waals surface area contributed by atoms with Gasteiger partial charge in [-0.2, -0.15) is 0 Å². The highest BCUT2D eigenvalue weighted by Crippen LogP contribution is 2.16. The van der Waals surface area contributed by atoms with Crippen molar-refractivity contribution < 1.29 is 9.18 Å². The summed E-state index contributed by atoms with van der Waals surface area (Å²) in [5.74, 6) is 4.81. The number of hydrogen-bond acceptors (Lipinski definition) is 2. The summed E-state index contributed by atoms with van der Waals surface area (Å²) in [4.78, 5) is 11.2. The van der Waals surface area contributed by atoms with Crippen LogP contribution in [0.25, 0.3) is 0 Å². The van der Waals surface area contributed by atoms with Crippen LogP contribution in [0.15, 0.2) is 18.2 Å². The van der Waals surface area contributed by atoms with E-state index in [0.29, 0.717) is 17.7 Å². The van der Waals surface area contributed by atoms with E-state index in [9.17, 15) is 9.18 Å². The highest BCUT2D eigenvalue weighted by molar-refractivity contribution is 5.91. The lowest BCUT2D eigenvalue weighted by Gasteiger charge is -2.06. The Labute approximate surface area is 93.8 Å². The molecule has 84 valence electrons. The maximum Gasteiger partial charge on any atom is 0.224 e. The van der Waals surface area contributed by atoms with Crippen molar-refractivity contribution in [2.24, 2.45) is 5.73 Å². The number of nitrogens with one attached hydrogen (secondary N) is 1. The first kappa shape index (κ1) is 12.2. The minimum absolute atomic E-state index is 0.137. The average molecular weight is 220 g/mol. The molecule has 1 amide bonds. The number of carbonyl (C=O) groups excluding carboxylic acids is 1. The van der Waals surface area contributed by atoms with Gasteiger partial charge in [-0.1, -0.05) is 18.8 Å². The van der Waals surface area contributed by atoms with Crippen LogP contribution in [0.5, 0.6) is 0 Å². The predicted octanol–water partition coefficient (Wildman–Crippen LogP) is 1.48. The lowest BCUT2D eigenvalue weighted by molar-refractivity contribution is -0.115. The summed E-state index contributed by atoms with van der Waals surface area (Å²) in [5, 5.41) is 2.65. The Balaban J connectivity index is 3.02. The number of nitrogens with two attached hydrogens (primary N) is 1. The molecule has 0 unspecified atom stereocenters. The molecule has 3 N–H and O–H groups in total. The van der Waals surface area contributed by atoms with Crippen molar-refractivity contribution in [2.45, 2.75) is 13.3 Å². The van der Waals surface area contributed by atoms with Gasteiger partial charge in [-0.3, -0.25) is 4.79 Å². The van der Waals surface area contributed by atoms with Gasteiger partial charge >= 0.3 is 0 Å². The van der Waals surface area contributed by atoms with Crippen LogP contribution in [-0.2, 0) is 4.79 Å². The van der Waals surface area contributed by atoms with Gasteiger partial charge in [-0.15, -0.1) is 0 Å². The van der Waals surface area contributed by atoms with Gasteiger partial charge in [-0.25, -0.2) is 4.39 Å². The fraction of sp³-hybridized carbons (Fsp3) is 0.250. The van der Waals surface area contributed by atoms with Crippen LogP contribution >= 0.6 is 0 Å². The topological polar surface area (TPSA) is 55.1 Å². The first-order valence-corrected chi connectivity index (χ1v) is 4.95. The molecule has 0 aliphatic carbocycles. The third kappa shape index (κ3) is 3.37. The molecule has 0 saturated carbocycles. The van der Waals surface area contributed by atoms with Gasteiger partial charge in [0.1, 0.15) is 5.82 Å². The molecule has 1 aromatic rings. The van der Waals surface area contributed by atoms with Gasteiger partial charge in [0.05, 0.1) is 17.8 Å². The monoisotopic (exact) mass is 220 g/mol. The summed E-state index contributed by atoms with van der Waals surface area (Å²) in [7, 11) is 0. The van der Waals surface area contributed by atoms with Crippen molar-refractivity contribution in [2.75, 3.05) is 11.9 Å². The molecule has 4 heteroatoms. The van der Waals surface area contributed by atoms with Crippen LogP contribution in [0, 0.1) is 17.7 Å². The van der Waals surface area contributed by atoms with E-state index in [4.69, 9.17) is 5.73 Å². The fourth-order valence-electron chi connectivity index (χ4n) is 1.11. The molecule has 16 heavy (non-hydrogen) atoms. The second-order valence-corrected chi connectivity index (χ2v) is 3.10. The summed E-state index contributed by atoms with van der Waals surface area (Å²) >= 11 is 0. The summed E-state index contributed by atoms with van der Waals surface area (Å²) in [5.41, 5.74) is 6.18. The van der Waals surface area contributed by atoms with Crippen LogP contribution in [0.1, 0.15) is 18.9 Å². The molecule has 0 fully saturated rings. The van der Waals surface area contributed by atoms with Crippen molar-refractivity contribution in [3.8, 4) is 11.8 Å². The van der Waals surface area contributed by atoms with E-state index in [0.717, 1.165) is 0 Å². The molecule has 0 bridgehead atoms. The second-order valence-electron chi connectivity index (χ2n) is 3.10. The lowest BCUT2D eigenvalue weighted by Crippen LogP contribution is -2.10. The Morgan fingerprint density at radius 1 is 1.56 bits per heavy atom. The minimum atomic E-state index is -0.393. The zero-order chi connectivity index (χ0) is 12.0. The predicted molar refractivity (Wildman–Crippen MR) is 61.3 cm³/mol. The van der Waals surface area contributed by atoms with E-state index >= 15 is 0 Å². The Morgan fingerprint density at radius 2 is 2.31 bits per heavy atom. The Hall–Kier alpha value is -1.86. The van der Waals surface area contributed by atoms with E-state index in [1.807, 2.05) is 0 Å². The smallest absolute Gasteiger partial charge is 0.224 e. The molecule has 3 nitrogen and oxygen atoms in total. The van der Waals surface area contributed by atoms with Gasteiger partial charge in [0.25, 0.3) is 0 Å². The van der Waals surface area contributed by atoms with Crippen molar-refractivity contribution in [1.29, 1.82) is 0 Å². The number of anilines is 1. The molecular weight excluding hydrogens is 207 g/mol. The van der Waals surface area contributed by atoms with Crippen LogP contribution in [0.4, 0.5) is 10.1 Å². The third-order valence-corrected chi connectivity index (χ3v) is 1.90. The summed E-state index contributed by atoms with van der Waals surface area (Å²) in [6.07, 6.45) is 0.362. The Morgan fingerprint density at radius 3 is 2.94 bits per heavy atom. The summed E-state index contributed by atoms with van der Waals surface area (Å²) in [6.45, 7) is 1.93. The molecule has 1 aromatic carbocycles. The Bertz CT molecular complexity index is 446. The number of rotatable bonds is 2. The van der Waals surface area contributed by atoms with Crippen molar-refractivity contribution in [1.82, 2.24) is 0 Å². The number of halogens is 1. The molecule has 0 atom stereocenters. The maximum atomic E-state index is 13.0. The molecule has 0 saturated heterocycles. The molecule has 1 rings (SSSR count). The third-order valence-electron chi connectivity index (χ3n) is 1.90. The van der Waals surface area contributed by atoms with Gasteiger partial charge in [0.15, 0.2) is 0 Å². The second kappa shape index (κ2) is 5.89. The van der Waals surface area contributed by atoms with E-state index in [2.05, 4.69) is 17.2 Å². The fourth-order valence-corrected chi connectivity index (χ4v) is 1.11. The number of hydrogen-bond donors (Lipinski definition) is 2. The molecule has 0 radical (unpaired) electrons. The maximum absolute atomic E-state index is 13.0. The van der Waals surface area contributed by atoms with E-state index in [1.165, 1.54) is 18.2 Å². The molecule has 0 aliphatic heterocycles. The van der Waals surface area contributed by atoms with Gasteiger partial charge in [0.2, 0.25) is 5.91 Å². The largest absolute Gasteiger partial charge is 0.325 e. The average Bonchev–Trinajstić information content (AvgIpc) is 2.29. The lowest BCUT2D eigenvalue weighted by atomic mass is 10.1. The summed E-state index contributed by atoms with van der Waals surface area (Å²) in [6, 6.07) is 4.04. The van der Waals surface area contributed by atoms with Crippen LogP contribution in [-0.4, -0.2) is 12.5 Å². The first-order valence-electron chi connectivity index (χ1n) is 4.95. The Kier molecular flexibility index (Phi) is 4.49. The van der Waals surface area contributed by atoms with Crippen molar-refractivity contribution in [3.63, 3.8) is 0 Å². The van der Waals surface area contributed by atoms with Gasteiger partial charge < -0.3 is 11.1 Å². The van der Waals surface area contributed by atoms with Gasteiger partial charge in [0, 0.05) is 6.42 Å². The highest BCUT2D eigenvalue weighted by atomic mass is 19.1. The highest BCUT2D eigenvalue weighted by Gasteiger charge is 2.04. The molecule has 0 aromatic heterocycles. The number of amides is 1. The first-order chi connectivity index (χ1) is 7.67. The number of carbonyl (C=O) groups is 1. The summed E-state index contributed by atoms with van der Waals surface area (Å²) < 4.78 is 13.0. The van der Waals surface area contributed by atoms with Crippen LogP contribution in [0.2, 0.25) is 0 Å². The van der Waals surface area contributed by atoms with E-state index in [1.54, 1.807) is 6.92 Å². The molecular formula is C12H13FN2O. The molecule has 0 spiro atoms. The van der Waals surface area contributed by atoms with Crippen LogP contribution < -0.4 is 11.1 Å². The van der Waals surface area contributed by atoms with E-state index < -0.39 is 5.82 Å². The van der Waals surface area contributed by atoms with E-state index in [-0.39, 0.29) is 12.5 Å². The quantitative estimate of drug-likeness (QED) is 0.742. The molecule has 0 aliphatic rings. The van der Waals surface area contributed by atoms with Gasteiger partial charge in [-0.05, 0) is 18.2 Å².